The number of aryl methyl sites for hydroxylation is 1. The van der Waals surface area contributed by atoms with Crippen LogP contribution in [-0.2, 0) is 16.1 Å². The van der Waals surface area contributed by atoms with Gasteiger partial charge >= 0.3 is 5.97 Å². The topological polar surface area (TPSA) is 100 Å². The normalized spacial score (nSPS) is 14.0. The Kier molecular flexibility index (Phi) is 6.60. The van der Waals surface area contributed by atoms with E-state index in [1.807, 2.05) is 18.2 Å². The lowest BCUT2D eigenvalue weighted by Crippen LogP contribution is -2.06. The van der Waals surface area contributed by atoms with Gasteiger partial charge in [-0.15, -0.1) is 0 Å². The number of carbonyl (C=O) groups excluding carboxylic acids is 1. The molecule has 0 N–H and O–H groups in total. The zero-order chi connectivity index (χ0) is 24.2. The highest BCUT2D eigenvalue weighted by atomic mass is 35.5. The number of halogens is 1. The van der Waals surface area contributed by atoms with Gasteiger partial charge in [0, 0.05) is 22.2 Å². The number of nitro benzene ring substituents is 1. The largest absolute Gasteiger partial charge is 0.493 e. The summed E-state index contributed by atoms with van der Waals surface area (Å²) in [6.45, 7) is 1.94. The summed E-state index contributed by atoms with van der Waals surface area (Å²) in [6, 6.07) is 17.1. The quantitative estimate of drug-likeness (QED) is 0.193. The average molecular weight is 479 g/mol. The molecule has 0 spiro atoms. The molecule has 0 aliphatic carbocycles. The van der Waals surface area contributed by atoms with Crippen LogP contribution in [0.4, 0.5) is 5.69 Å². The molecule has 3 aromatic carbocycles. The van der Waals surface area contributed by atoms with Crippen molar-refractivity contribution in [2.75, 3.05) is 7.11 Å². The summed E-state index contributed by atoms with van der Waals surface area (Å²) in [7, 11) is 1.52. The average Bonchev–Trinajstić information content (AvgIpc) is 3.18. The highest BCUT2D eigenvalue weighted by molar-refractivity contribution is 6.30. The molecular formula is C25H19ClN2O6. The summed E-state index contributed by atoms with van der Waals surface area (Å²) in [5.41, 5.74) is 2.38. The van der Waals surface area contributed by atoms with E-state index in [9.17, 15) is 14.9 Å². The zero-order valence-corrected chi connectivity index (χ0v) is 19.0. The first kappa shape index (κ1) is 23.0. The number of hydrogen-bond donors (Lipinski definition) is 0. The van der Waals surface area contributed by atoms with Gasteiger partial charge in [0.2, 0.25) is 5.90 Å². The molecule has 1 heterocycles. The summed E-state index contributed by atoms with van der Waals surface area (Å²) in [5.74, 6) is 0.349. The van der Waals surface area contributed by atoms with Crippen molar-refractivity contribution in [3.8, 4) is 11.5 Å². The van der Waals surface area contributed by atoms with Crippen molar-refractivity contribution in [3.63, 3.8) is 0 Å². The van der Waals surface area contributed by atoms with Crippen LogP contribution in [0.5, 0.6) is 11.5 Å². The highest BCUT2D eigenvalue weighted by Gasteiger charge is 2.26. The van der Waals surface area contributed by atoms with Gasteiger partial charge in [-0.3, -0.25) is 10.1 Å². The van der Waals surface area contributed by atoms with Crippen LogP contribution in [0.1, 0.15) is 22.3 Å². The summed E-state index contributed by atoms with van der Waals surface area (Å²) < 4.78 is 16.5. The van der Waals surface area contributed by atoms with Gasteiger partial charge in [-0.05, 0) is 54.5 Å². The second-order valence-electron chi connectivity index (χ2n) is 7.42. The Balaban J connectivity index is 1.56. The number of aliphatic imine (C=N–C) groups is 1. The Bertz CT molecular complexity index is 1350. The van der Waals surface area contributed by atoms with E-state index in [1.165, 1.54) is 13.2 Å². The van der Waals surface area contributed by atoms with Gasteiger partial charge in [-0.1, -0.05) is 35.9 Å². The lowest BCUT2D eigenvalue weighted by atomic mass is 10.1. The predicted octanol–water partition coefficient (Wildman–Crippen LogP) is 5.49. The van der Waals surface area contributed by atoms with E-state index in [-0.39, 0.29) is 17.3 Å². The monoisotopic (exact) mass is 478 g/mol. The first-order valence-electron chi connectivity index (χ1n) is 10.2. The molecule has 1 aliphatic rings. The second kappa shape index (κ2) is 9.76. The van der Waals surface area contributed by atoms with E-state index in [4.69, 9.17) is 25.8 Å². The Labute approximate surface area is 200 Å². The van der Waals surface area contributed by atoms with Crippen LogP contribution in [0.2, 0.25) is 5.02 Å². The smallest absolute Gasteiger partial charge is 0.363 e. The van der Waals surface area contributed by atoms with E-state index in [0.717, 1.165) is 5.56 Å². The maximum Gasteiger partial charge on any atom is 0.363 e. The summed E-state index contributed by atoms with van der Waals surface area (Å²) >= 11 is 6.01. The molecule has 9 heteroatoms. The maximum absolute atomic E-state index is 12.4. The predicted molar refractivity (Wildman–Crippen MR) is 127 cm³/mol. The lowest BCUT2D eigenvalue weighted by Gasteiger charge is -2.11. The van der Waals surface area contributed by atoms with E-state index in [2.05, 4.69) is 4.99 Å². The van der Waals surface area contributed by atoms with Crippen LogP contribution < -0.4 is 9.47 Å². The number of nitrogens with zero attached hydrogens (tertiary/aromatic N) is 2. The van der Waals surface area contributed by atoms with Gasteiger partial charge in [-0.2, -0.15) is 0 Å². The first-order valence-corrected chi connectivity index (χ1v) is 10.5. The lowest BCUT2D eigenvalue weighted by molar-refractivity contribution is -0.385. The molecule has 0 atom stereocenters. The summed E-state index contributed by atoms with van der Waals surface area (Å²) in [6.07, 6.45) is 1.54. The van der Waals surface area contributed by atoms with E-state index < -0.39 is 10.9 Å². The second-order valence-corrected chi connectivity index (χ2v) is 7.86. The van der Waals surface area contributed by atoms with Gasteiger partial charge in [0.25, 0.3) is 5.69 Å². The summed E-state index contributed by atoms with van der Waals surface area (Å²) in [5, 5.41) is 11.8. The Morgan fingerprint density at radius 1 is 1.12 bits per heavy atom. The minimum absolute atomic E-state index is 0.00721. The molecule has 8 nitrogen and oxygen atoms in total. The number of nitro groups is 1. The van der Waals surface area contributed by atoms with E-state index in [1.54, 1.807) is 49.4 Å². The number of hydrogen-bond acceptors (Lipinski definition) is 7. The van der Waals surface area contributed by atoms with E-state index >= 15 is 0 Å². The van der Waals surface area contributed by atoms with Crippen LogP contribution >= 0.6 is 11.6 Å². The third kappa shape index (κ3) is 5.07. The SMILES string of the molecule is COc1cc(/C=C2\N=C(c3ccc(C)c([N+](=O)[O-])c3)OC2=O)ccc1OCc1cccc(Cl)c1. The Morgan fingerprint density at radius 2 is 1.94 bits per heavy atom. The van der Waals surface area contributed by atoms with Crippen LogP contribution in [0.25, 0.3) is 6.08 Å². The molecule has 1 aliphatic heterocycles. The number of carbonyl (C=O) groups is 1. The van der Waals surface area contributed by atoms with Crippen molar-refractivity contribution in [1.29, 1.82) is 0 Å². The maximum atomic E-state index is 12.4. The minimum Gasteiger partial charge on any atom is -0.493 e. The molecule has 0 amide bonds. The molecule has 0 radical (unpaired) electrons. The van der Waals surface area contributed by atoms with Gasteiger partial charge in [0.05, 0.1) is 12.0 Å². The molecule has 34 heavy (non-hydrogen) atoms. The van der Waals surface area contributed by atoms with Crippen molar-refractivity contribution in [2.45, 2.75) is 13.5 Å². The molecule has 4 rings (SSSR count). The zero-order valence-electron chi connectivity index (χ0n) is 18.3. The summed E-state index contributed by atoms with van der Waals surface area (Å²) in [4.78, 5) is 27.3. The molecule has 0 fully saturated rings. The molecular weight excluding hydrogens is 460 g/mol. The molecule has 0 saturated carbocycles. The number of esters is 1. The van der Waals surface area contributed by atoms with Gasteiger partial charge in [-0.25, -0.2) is 9.79 Å². The highest BCUT2D eigenvalue weighted by Crippen LogP contribution is 2.31. The van der Waals surface area contributed by atoms with Gasteiger partial charge in [0.15, 0.2) is 17.2 Å². The fourth-order valence-electron chi connectivity index (χ4n) is 3.31. The first-order chi connectivity index (χ1) is 16.3. The van der Waals surface area contributed by atoms with Gasteiger partial charge < -0.3 is 14.2 Å². The van der Waals surface area contributed by atoms with Crippen molar-refractivity contribution >= 4 is 35.2 Å². The van der Waals surface area contributed by atoms with Crippen LogP contribution in [0, 0.1) is 17.0 Å². The Morgan fingerprint density at radius 3 is 2.68 bits per heavy atom. The van der Waals surface area contributed by atoms with Gasteiger partial charge in [0.1, 0.15) is 6.61 Å². The van der Waals surface area contributed by atoms with Crippen molar-refractivity contribution in [3.05, 3.63) is 104 Å². The van der Waals surface area contributed by atoms with E-state index in [0.29, 0.717) is 39.8 Å². The van der Waals surface area contributed by atoms with Crippen LogP contribution in [0.3, 0.4) is 0 Å². The third-order valence-corrected chi connectivity index (χ3v) is 5.28. The van der Waals surface area contributed by atoms with Crippen molar-refractivity contribution in [1.82, 2.24) is 0 Å². The molecule has 3 aromatic rings. The fourth-order valence-corrected chi connectivity index (χ4v) is 3.52. The molecule has 0 unspecified atom stereocenters. The molecule has 172 valence electrons. The van der Waals surface area contributed by atoms with Crippen molar-refractivity contribution < 1.29 is 23.9 Å². The Hall–Kier alpha value is -4.17. The number of ether oxygens (including phenoxy) is 3. The number of methoxy groups -OCH3 is 1. The third-order valence-electron chi connectivity index (χ3n) is 5.05. The number of rotatable bonds is 7. The number of cyclic esters (lactones) is 1. The fraction of sp³-hybridized carbons (Fsp3) is 0.120. The minimum atomic E-state index is -0.654. The van der Waals surface area contributed by atoms with Crippen molar-refractivity contribution in [2.24, 2.45) is 4.99 Å². The van der Waals surface area contributed by atoms with Crippen LogP contribution in [-0.4, -0.2) is 23.9 Å². The molecule has 0 saturated heterocycles. The standard InChI is InChI=1S/C25H19ClN2O6/c1-15-6-8-18(13-21(15)28(30)31)24-27-20(25(29)34-24)11-16-7-9-22(23(12-16)32-2)33-14-17-4-3-5-19(26)10-17/h3-13H,14H2,1-2H3/b20-11-. The number of benzene rings is 3. The molecule has 0 bridgehead atoms. The van der Waals surface area contributed by atoms with Crippen LogP contribution in [0.15, 0.2) is 71.4 Å². The molecule has 0 aromatic heterocycles.